The summed E-state index contributed by atoms with van der Waals surface area (Å²) in [5.74, 6) is -0.155. The molecule has 3 amide bonds. The zero-order valence-corrected chi connectivity index (χ0v) is 16.0. The predicted octanol–water partition coefficient (Wildman–Crippen LogP) is 1.04. The summed E-state index contributed by atoms with van der Waals surface area (Å²) in [7, 11) is 0. The zero-order valence-electron chi connectivity index (χ0n) is 16.0. The number of amides is 3. The lowest BCUT2D eigenvalue weighted by Gasteiger charge is -2.29. The van der Waals surface area contributed by atoms with Gasteiger partial charge in [0.2, 0.25) is 17.7 Å². The molecule has 0 saturated heterocycles. The maximum atomic E-state index is 12.6. The fourth-order valence-corrected chi connectivity index (χ4v) is 3.08. The van der Waals surface area contributed by atoms with Gasteiger partial charge in [0, 0.05) is 25.6 Å². The summed E-state index contributed by atoms with van der Waals surface area (Å²) in [5, 5.41) is 9.51. The number of nitrogens with one attached hydrogen (secondary N) is 2. The van der Waals surface area contributed by atoms with Gasteiger partial charge in [0.1, 0.15) is 19.2 Å². The van der Waals surface area contributed by atoms with E-state index in [1.165, 1.54) is 15.9 Å². The minimum atomic E-state index is -0.272. The lowest BCUT2D eigenvalue weighted by atomic mass is 10.1. The van der Waals surface area contributed by atoms with Crippen molar-refractivity contribution in [1.82, 2.24) is 25.1 Å². The molecular weight excluding hydrogens is 386 g/mol. The fourth-order valence-electron chi connectivity index (χ4n) is 3.08. The van der Waals surface area contributed by atoms with E-state index in [0.717, 1.165) is 5.56 Å². The normalized spacial score (nSPS) is 12.8. The van der Waals surface area contributed by atoms with Crippen LogP contribution in [0.4, 0.5) is 11.4 Å². The molecule has 10 heteroatoms. The number of aromatic nitrogens is 4. The van der Waals surface area contributed by atoms with Gasteiger partial charge in [0.05, 0.1) is 11.4 Å². The standard InChI is InChI=1S/C20H19N7O3/c28-18(23-10-14-5-6-17(22-9-14)27-13-21-12-24-27)7-8-20(30)26-11-19(29)25-15-3-1-2-4-16(15)26/h1-6,9,12-13H,7-8,10-11H2,(H,23,28)(H,25,29). The Balaban J connectivity index is 1.28. The van der Waals surface area contributed by atoms with Crippen molar-refractivity contribution in [2.45, 2.75) is 19.4 Å². The van der Waals surface area contributed by atoms with Gasteiger partial charge in [-0.15, -0.1) is 0 Å². The lowest BCUT2D eigenvalue weighted by molar-refractivity contribution is -0.125. The van der Waals surface area contributed by atoms with Crippen molar-refractivity contribution in [2.75, 3.05) is 16.8 Å². The number of fused-ring (bicyclic) bond motifs is 1. The first-order valence-electron chi connectivity index (χ1n) is 9.36. The highest BCUT2D eigenvalue weighted by Gasteiger charge is 2.26. The van der Waals surface area contributed by atoms with Gasteiger partial charge in [0.15, 0.2) is 5.82 Å². The molecule has 0 aliphatic carbocycles. The van der Waals surface area contributed by atoms with E-state index in [0.29, 0.717) is 23.7 Å². The number of pyridine rings is 1. The Morgan fingerprint density at radius 3 is 2.77 bits per heavy atom. The molecule has 4 rings (SSSR count). The van der Waals surface area contributed by atoms with Crippen LogP contribution < -0.4 is 15.5 Å². The molecule has 3 aromatic rings. The number of carbonyl (C=O) groups excluding carboxylic acids is 3. The Morgan fingerprint density at radius 2 is 2.00 bits per heavy atom. The monoisotopic (exact) mass is 405 g/mol. The highest BCUT2D eigenvalue weighted by atomic mass is 16.2. The number of hydrogen-bond acceptors (Lipinski definition) is 6. The van der Waals surface area contributed by atoms with Crippen LogP contribution in [0.25, 0.3) is 5.82 Å². The highest BCUT2D eigenvalue weighted by molar-refractivity contribution is 6.10. The fraction of sp³-hybridized carbons (Fsp3) is 0.200. The number of para-hydroxylation sites is 2. The molecule has 1 aliphatic heterocycles. The number of benzene rings is 1. The number of nitrogens with zero attached hydrogens (tertiary/aromatic N) is 5. The molecule has 1 aromatic carbocycles. The maximum absolute atomic E-state index is 12.6. The van der Waals surface area contributed by atoms with E-state index < -0.39 is 0 Å². The van der Waals surface area contributed by atoms with Gasteiger partial charge in [-0.3, -0.25) is 14.4 Å². The summed E-state index contributed by atoms with van der Waals surface area (Å²) in [6.07, 6.45) is 4.66. The summed E-state index contributed by atoms with van der Waals surface area (Å²) in [6, 6.07) is 10.7. The van der Waals surface area contributed by atoms with Gasteiger partial charge in [0.25, 0.3) is 0 Å². The van der Waals surface area contributed by atoms with Crippen molar-refractivity contribution < 1.29 is 14.4 Å². The first-order valence-corrected chi connectivity index (χ1v) is 9.36. The molecule has 0 fully saturated rings. The molecule has 0 unspecified atom stereocenters. The molecule has 10 nitrogen and oxygen atoms in total. The van der Waals surface area contributed by atoms with Gasteiger partial charge in [-0.1, -0.05) is 18.2 Å². The molecule has 0 atom stereocenters. The Kier molecular flexibility index (Phi) is 5.46. The van der Waals surface area contributed by atoms with Crippen LogP contribution in [0.3, 0.4) is 0 Å². The van der Waals surface area contributed by atoms with Crippen LogP contribution in [0.5, 0.6) is 0 Å². The van der Waals surface area contributed by atoms with Crippen molar-refractivity contribution in [2.24, 2.45) is 0 Å². The lowest BCUT2D eigenvalue weighted by Crippen LogP contribution is -2.42. The first kappa shape index (κ1) is 19.2. The number of rotatable bonds is 6. The molecule has 2 aromatic heterocycles. The zero-order chi connectivity index (χ0) is 20.9. The third-order valence-electron chi connectivity index (χ3n) is 4.59. The van der Waals surface area contributed by atoms with Gasteiger partial charge >= 0.3 is 0 Å². The van der Waals surface area contributed by atoms with Crippen molar-refractivity contribution in [3.8, 4) is 5.82 Å². The number of carbonyl (C=O) groups is 3. The molecule has 3 heterocycles. The molecule has 152 valence electrons. The van der Waals surface area contributed by atoms with Crippen LogP contribution >= 0.6 is 0 Å². The average Bonchev–Trinajstić information content (AvgIpc) is 3.30. The minimum absolute atomic E-state index is 0.0108. The van der Waals surface area contributed by atoms with Gasteiger partial charge in [-0.05, 0) is 23.8 Å². The Bertz CT molecular complexity index is 1060. The molecule has 0 spiro atoms. The van der Waals surface area contributed by atoms with Crippen molar-refractivity contribution in [3.05, 3.63) is 60.8 Å². The first-order chi connectivity index (χ1) is 14.6. The van der Waals surface area contributed by atoms with E-state index in [-0.39, 0.29) is 37.1 Å². The Labute approximate surface area is 171 Å². The van der Waals surface area contributed by atoms with E-state index in [1.54, 1.807) is 42.9 Å². The van der Waals surface area contributed by atoms with Crippen LogP contribution in [0.2, 0.25) is 0 Å². The third kappa shape index (κ3) is 4.32. The van der Waals surface area contributed by atoms with Crippen LogP contribution in [0.1, 0.15) is 18.4 Å². The average molecular weight is 405 g/mol. The van der Waals surface area contributed by atoms with Crippen LogP contribution in [-0.2, 0) is 20.9 Å². The predicted molar refractivity (Wildman–Crippen MR) is 108 cm³/mol. The quantitative estimate of drug-likeness (QED) is 0.632. The van der Waals surface area contributed by atoms with Gasteiger partial charge in [-0.2, -0.15) is 5.10 Å². The number of hydrogen-bond donors (Lipinski definition) is 2. The van der Waals surface area contributed by atoms with Crippen LogP contribution in [0.15, 0.2) is 55.2 Å². The van der Waals surface area contributed by atoms with E-state index in [9.17, 15) is 14.4 Å². The van der Waals surface area contributed by atoms with E-state index in [1.807, 2.05) is 6.07 Å². The Morgan fingerprint density at radius 1 is 1.13 bits per heavy atom. The molecule has 1 aliphatic rings. The summed E-state index contributed by atoms with van der Waals surface area (Å²) >= 11 is 0. The van der Waals surface area contributed by atoms with Gasteiger partial charge in [-0.25, -0.2) is 14.6 Å². The topological polar surface area (TPSA) is 122 Å². The second kappa shape index (κ2) is 8.52. The van der Waals surface area contributed by atoms with E-state index in [2.05, 4.69) is 25.7 Å². The maximum Gasteiger partial charge on any atom is 0.244 e. The van der Waals surface area contributed by atoms with Crippen molar-refractivity contribution >= 4 is 29.1 Å². The highest BCUT2D eigenvalue weighted by Crippen LogP contribution is 2.29. The van der Waals surface area contributed by atoms with Crippen LogP contribution in [0, 0.1) is 0 Å². The van der Waals surface area contributed by atoms with Gasteiger partial charge < -0.3 is 15.5 Å². The van der Waals surface area contributed by atoms with Crippen molar-refractivity contribution in [1.29, 1.82) is 0 Å². The summed E-state index contributed by atoms with van der Waals surface area (Å²) in [5.41, 5.74) is 2.05. The van der Waals surface area contributed by atoms with E-state index >= 15 is 0 Å². The molecule has 30 heavy (non-hydrogen) atoms. The Hall–Kier alpha value is -4.08. The molecule has 0 bridgehead atoms. The molecular formula is C20H19N7O3. The summed E-state index contributed by atoms with van der Waals surface area (Å²) in [6.45, 7) is 0.244. The second-order valence-corrected chi connectivity index (χ2v) is 6.69. The second-order valence-electron chi connectivity index (χ2n) is 6.69. The van der Waals surface area contributed by atoms with Crippen LogP contribution in [-0.4, -0.2) is 44.0 Å². The minimum Gasteiger partial charge on any atom is -0.352 e. The largest absolute Gasteiger partial charge is 0.352 e. The summed E-state index contributed by atoms with van der Waals surface area (Å²) in [4.78, 5) is 46.1. The third-order valence-corrected chi connectivity index (χ3v) is 4.59. The smallest absolute Gasteiger partial charge is 0.244 e. The molecule has 0 saturated carbocycles. The molecule has 2 N–H and O–H groups in total. The van der Waals surface area contributed by atoms with Crippen molar-refractivity contribution in [3.63, 3.8) is 0 Å². The summed E-state index contributed by atoms with van der Waals surface area (Å²) < 4.78 is 1.53. The SMILES string of the molecule is O=C(CCC(=O)N1CC(=O)Nc2ccccc21)NCc1ccc(-n2cncn2)nc1. The molecule has 0 radical (unpaired) electrons. The van der Waals surface area contributed by atoms with E-state index in [4.69, 9.17) is 0 Å². The number of anilines is 2.